The van der Waals surface area contributed by atoms with Crippen molar-refractivity contribution in [1.29, 1.82) is 0 Å². The molecular weight excluding hydrogens is 278 g/mol. The molecule has 2 fully saturated rings. The van der Waals surface area contributed by atoms with E-state index in [1.54, 1.807) is 0 Å². The predicted molar refractivity (Wildman–Crippen MR) is 87.5 cm³/mol. The van der Waals surface area contributed by atoms with E-state index in [1.807, 2.05) is 25.7 Å². The molecule has 2 heterocycles. The van der Waals surface area contributed by atoms with Gasteiger partial charge in [0.1, 0.15) is 0 Å². The average Bonchev–Trinajstić information content (AvgIpc) is 2.47. The number of rotatable bonds is 3. The van der Waals surface area contributed by atoms with E-state index < -0.39 is 0 Å². The Kier molecular flexibility index (Phi) is 5.84. The van der Waals surface area contributed by atoms with Crippen LogP contribution in [0, 0.1) is 5.41 Å². The number of carbonyl (C=O) groups is 2. The van der Waals surface area contributed by atoms with Crippen LogP contribution in [0.5, 0.6) is 0 Å². The molecule has 0 saturated carbocycles. The zero-order chi connectivity index (χ0) is 16.2. The highest BCUT2D eigenvalue weighted by atomic mass is 16.2. The van der Waals surface area contributed by atoms with Gasteiger partial charge in [0.2, 0.25) is 11.8 Å². The molecule has 2 amide bonds. The fourth-order valence-corrected chi connectivity index (χ4v) is 3.15. The molecule has 0 aliphatic carbocycles. The Morgan fingerprint density at radius 1 is 1.05 bits per heavy atom. The number of amides is 2. The summed E-state index contributed by atoms with van der Waals surface area (Å²) in [5.41, 5.74) is -0.355. The minimum Gasteiger partial charge on any atom is -0.352 e. The van der Waals surface area contributed by atoms with Gasteiger partial charge in [-0.05, 0) is 38.6 Å². The molecule has 2 rings (SSSR count). The monoisotopic (exact) mass is 309 g/mol. The predicted octanol–water partition coefficient (Wildman–Crippen LogP) is 1.63. The SMILES string of the molecule is CC(C)(C)C(=O)NC1CCCN(CC(=O)N2CCCCC2)C1. The normalized spacial score (nSPS) is 24.1. The Morgan fingerprint density at radius 2 is 1.73 bits per heavy atom. The number of nitrogens with zero attached hydrogens (tertiary/aromatic N) is 2. The number of piperidine rings is 2. The fourth-order valence-electron chi connectivity index (χ4n) is 3.15. The second-order valence-electron chi connectivity index (χ2n) is 7.74. The Bertz CT molecular complexity index is 397. The first kappa shape index (κ1) is 17.3. The van der Waals surface area contributed by atoms with Crippen molar-refractivity contribution in [3.8, 4) is 0 Å². The van der Waals surface area contributed by atoms with Crippen LogP contribution >= 0.6 is 0 Å². The number of likely N-dealkylation sites (tertiary alicyclic amines) is 2. The summed E-state index contributed by atoms with van der Waals surface area (Å²) in [6.07, 6.45) is 5.57. The van der Waals surface area contributed by atoms with E-state index in [-0.39, 0.29) is 23.3 Å². The summed E-state index contributed by atoms with van der Waals surface area (Å²) in [5.74, 6) is 0.351. The van der Waals surface area contributed by atoms with Gasteiger partial charge in [-0.25, -0.2) is 0 Å². The largest absolute Gasteiger partial charge is 0.352 e. The quantitative estimate of drug-likeness (QED) is 0.862. The van der Waals surface area contributed by atoms with Gasteiger partial charge in [0.25, 0.3) is 0 Å². The van der Waals surface area contributed by atoms with Crippen LogP contribution in [0.3, 0.4) is 0 Å². The first-order valence-electron chi connectivity index (χ1n) is 8.67. The van der Waals surface area contributed by atoms with E-state index in [2.05, 4.69) is 10.2 Å². The van der Waals surface area contributed by atoms with E-state index in [0.29, 0.717) is 6.54 Å². The third-order valence-corrected chi connectivity index (χ3v) is 4.59. The van der Waals surface area contributed by atoms with Gasteiger partial charge in [-0.1, -0.05) is 20.8 Å². The van der Waals surface area contributed by atoms with Crippen molar-refractivity contribution in [3.05, 3.63) is 0 Å². The van der Waals surface area contributed by atoms with Gasteiger partial charge in [-0.2, -0.15) is 0 Å². The van der Waals surface area contributed by atoms with Crippen LogP contribution in [0.25, 0.3) is 0 Å². The second kappa shape index (κ2) is 7.44. The van der Waals surface area contributed by atoms with Gasteiger partial charge >= 0.3 is 0 Å². The lowest BCUT2D eigenvalue weighted by Crippen LogP contribution is -2.52. The second-order valence-corrected chi connectivity index (χ2v) is 7.74. The number of hydrogen-bond acceptors (Lipinski definition) is 3. The lowest BCUT2D eigenvalue weighted by molar-refractivity contribution is -0.133. The minimum atomic E-state index is -0.355. The van der Waals surface area contributed by atoms with Crippen molar-refractivity contribution in [2.75, 3.05) is 32.7 Å². The van der Waals surface area contributed by atoms with Crippen LogP contribution < -0.4 is 5.32 Å². The molecule has 0 bridgehead atoms. The van der Waals surface area contributed by atoms with E-state index in [0.717, 1.165) is 51.9 Å². The molecule has 0 aromatic carbocycles. The molecule has 0 radical (unpaired) electrons. The first-order valence-corrected chi connectivity index (χ1v) is 8.67. The molecule has 2 aliphatic heterocycles. The Morgan fingerprint density at radius 3 is 2.36 bits per heavy atom. The highest BCUT2D eigenvalue weighted by Crippen LogP contribution is 2.16. The van der Waals surface area contributed by atoms with Crippen LogP contribution in [-0.2, 0) is 9.59 Å². The highest BCUT2D eigenvalue weighted by molar-refractivity contribution is 5.81. The third kappa shape index (κ3) is 4.97. The molecule has 2 saturated heterocycles. The standard InChI is InChI=1S/C17H31N3O2/c1-17(2,3)16(22)18-14-8-7-9-19(12-14)13-15(21)20-10-5-4-6-11-20/h14H,4-13H2,1-3H3,(H,18,22). The van der Waals surface area contributed by atoms with Crippen LogP contribution in [0.2, 0.25) is 0 Å². The lowest BCUT2D eigenvalue weighted by Gasteiger charge is -2.35. The van der Waals surface area contributed by atoms with Crippen molar-refractivity contribution >= 4 is 11.8 Å². The topological polar surface area (TPSA) is 52.7 Å². The van der Waals surface area contributed by atoms with E-state index in [4.69, 9.17) is 0 Å². The highest BCUT2D eigenvalue weighted by Gasteiger charge is 2.28. The van der Waals surface area contributed by atoms with Gasteiger partial charge in [0, 0.05) is 31.1 Å². The molecular formula is C17H31N3O2. The summed E-state index contributed by atoms with van der Waals surface area (Å²) >= 11 is 0. The summed E-state index contributed by atoms with van der Waals surface area (Å²) in [4.78, 5) is 28.7. The van der Waals surface area contributed by atoms with E-state index in [1.165, 1.54) is 6.42 Å². The maximum absolute atomic E-state index is 12.4. The van der Waals surface area contributed by atoms with Gasteiger partial charge in [-0.15, -0.1) is 0 Å². The molecule has 1 N–H and O–H groups in total. The number of carbonyl (C=O) groups excluding carboxylic acids is 2. The van der Waals surface area contributed by atoms with Gasteiger partial charge in [-0.3, -0.25) is 14.5 Å². The molecule has 22 heavy (non-hydrogen) atoms. The van der Waals surface area contributed by atoms with Crippen LogP contribution in [0.4, 0.5) is 0 Å². The van der Waals surface area contributed by atoms with E-state index in [9.17, 15) is 9.59 Å². The molecule has 0 spiro atoms. The van der Waals surface area contributed by atoms with Crippen LogP contribution in [0.1, 0.15) is 52.9 Å². The molecule has 5 heteroatoms. The summed E-state index contributed by atoms with van der Waals surface area (Å²) in [6.45, 7) is 9.88. The summed E-state index contributed by atoms with van der Waals surface area (Å²) in [7, 11) is 0. The maximum Gasteiger partial charge on any atom is 0.236 e. The Balaban J connectivity index is 1.80. The molecule has 126 valence electrons. The molecule has 1 atom stereocenters. The smallest absolute Gasteiger partial charge is 0.236 e. The lowest BCUT2D eigenvalue weighted by atomic mass is 9.94. The van der Waals surface area contributed by atoms with E-state index >= 15 is 0 Å². The van der Waals surface area contributed by atoms with Crippen molar-refractivity contribution in [1.82, 2.24) is 15.1 Å². The van der Waals surface area contributed by atoms with Crippen molar-refractivity contribution in [2.45, 2.75) is 58.9 Å². The molecule has 0 aromatic heterocycles. The summed E-state index contributed by atoms with van der Waals surface area (Å²) < 4.78 is 0. The van der Waals surface area contributed by atoms with Gasteiger partial charge < -0.3 is 10.2 Å². The Labute approximate surface area is 134 Å². The average molecular weight is 309 g/mol. The number of nitrogens with one attached hydrogen (secondary N) is 1. The zero-order valence-electron chi connectivity index (χ0n) is 14.4. The minimum absolute atomic E-state index is 0.0988. The van der Waals surface area contributed by atoms with Crippen molar-refractivity contribution in [3.63, 3.8) is 0 Å². The molecule has 0 aromatic rings. The van der Waals surface area contributed by atoms with Gasteiger partial charge in [0.15, 0.2) is 0 Å². The van der Waals surface area contributed by atoms with Crippen molar-refractivity contribution in [2.24, 2.45) is 5.41 Å². The molecule has 5 nitrogen and oxygen atoms in total. The molecule has 1 unspecified atom stereocenters. The Hall–Kier alpha value is -1.10. The molecule has 2 aliphatic rings. The fraction of sp³-hybridized carbons (Fsp3) is 0.882. The summed E-state index contributed by atoms with van der Waals surface area (Å²) in [5, 5.41) is 3.14. The van der Waals surface area contributed by atoms with Crippen LogP contribution in [0.15, 0.2) is 0 Å². The number of hydrogen-bond donors (Lipinski definition) is 1. The maximum atomic E-state index is 12.4. The third-order valence-electron chi connectivity index (χ3n) is 4.59. The zero-order valence-corrected chi connectivity index (χ0v) is 14.4. The summed E-state index contributed by atoms with van der Waals surface area (Å²) in [6, 6.07) is 0.176. The first-order chi connectivity index (χ1) is 10.4. The van der Waals surface area contributed by atoms with Gasteiger partial charge in [0.05, 0.1) is 6.54 Å². The van der Waals surface area contributed by atoms with Crippen molar-refractivity contribution < 1.29 is 9.59 Å². The van der Waals surface area contributed by atoms with Crippen LogP contribution in [-0.4, -0.2) is 60.4 Å².